The van der Waals surface area contributed by atoms with Crippen LogP contribution in [0.1, 0.15) is 0 Å². The Morgan fingerprint density at radius 2 is 0.680 bits per heavy atom. The molecular formula is C48H30N2. The zero-order valence-corrected chi connectivity index (χ0v) is 27.2. The van der Waals surface area contributed by atoms with Gasteiger partial charge in [-0.15, -0.1) is 0 Å². The number of rotatable bonds is 4. The average Bonchev–Trinajstić information content (AvgIpc) is 3.19. The van der Waals surface area contributed by atoms with Crippen molar-refractivity contribution in [2.45, 2.75) is 0 Å². The van der Waals surface area contributed by atoms with Crippen LogP contribution >= 0.6 is 0 Å². The van der Waals surface area contributed by atoms with Crippen molar-refractivity contribution in [1.82, 2.24) is 9.97 Å². The maximum Gasteiger partial charge on any atom is 0.0714 e. The van der Waals surface area contributed by atoms with Gasteiger partial charge >= 0.3 is 0 Å². The number of benzene rings is 8. The minimum absolute atomic E-state index is 0.973. The molecule has 0 fully saturated rings. The van der Waals surface area contributed by atoms with Crippen LogP contribution in [0.2, 0.25) is 0 Å². The molecule has 10 rings (SSSR count). The zero-order chi connectivity index (χ0) is 33.0. The lowest BCUT2D eigenvalue weighted by molar-refractivity contribution is 1.33. The lowest BCUT2D eigenvalue weighted by atomic mass is 9.87. The van der Waals surface area contributed by atoms with Crippen LogP contribution < -0.4 is 0 Å². The largest absolute Gasteiger partial charge is 0.256 e. The van der Waals surface area contributed by atoms with E-state index in [1.807, 2.05) is 12.4 Å². The predicted octanol–water partition coefficient (Wildman–Crippen LogP) is 12.9. The highest BCUT2D eigenvalue weighted by atomic mass is 14.7. The van der Waals surface area contributed by atoms with E-state index in [1.54, 1.807) is 0 Å². The second kappa shape index (κ2) is 11.5. The Hall–Kier alpha value is -6.64. The van der Waals surface area contributed by atoms with Crippen molar-refractivity contribution in [3.8, 4) is 44.8 Å². The van der Waals surface area contributed by atoms with Gasteiger partial charge in [-0.25, -0.2) is 0 Å². The van der Waals surface area contributed by atoms with Crippen molar-refractivity contribution in [3.63, 3.8) is 0 Å². The number of fused-ring (bicyclic) bond motifs is 7. The van der Waals surface area contributed by atoms with Gasteiger partial charge in [0.1, 0.15) is 0 Å². The summed E-state index contributed by atoms with van der Waals surface area (Å²) in [7, 11) is 0. The molecule has 0 spiro atoms. The van der Waals surface area contributed by atoms with Crippen LogP contribution in [0.5, 0.6) is 0 Å². The molecule has 0 radical (unpaired) electrons. The highest BCUT2D eigenvalue weighted by Gasteiger charge is 2.16. The quantitative estimate of drug-likeness (QED) is 0.180. The van der Waals surface area contributed by atoms with Crippen LogP contribution in [0.3, 0.4) is 0 Å². The summed E-state index contributed by atoms with van der Waals surface area (Å²) >= 11 is 0. The summed E-state index contributed by atoms with van der Waals surface area (Å²) < 4.78 is 0. The molecule has 2 heteroatoms. The molecule has 2 heterocycles. The fraction of sp³-hybridized carbons (Fsp3) is 0. The van der Waals surface area contributed by atoms with E-state index in [2.05, 4.69) is 170 Å². The van der Waals surface area contributed by atoms with Gasteiger partial charge in [-0.1, -0.05) is 133 Å². The molecule has 10 aromatic rings. The molecule has 50 heavy (non-hydrogen) atoms. The molecule has 0 aliphatic carbocycles. The van der Waals surface area contributed by atoms with Gasteiger partial charge in [-0.3, -0.25) is 9.97 Å². The van der Waals surface area contributed by atoms with Gasteiger partial charge in [-0.05, 0) is 113 Å². The SMILES string of the molecule is c1ccc2c(-c3cc(-c4cc5cc(-c6ccnc(-c7cccc8ccccc78)c6)c6ccccc6c5c5ccccc45)ccn3)cccc2c1. The molecule has 2 nitrogen and oxygen atoms in total. The van der Waals surface area contributed by atoms with Gasteiger partial charge in [0.15, 0.2) is 0 Å². The molecule has 0 saturated heterocycles. The van der Waals surface area contributed by atoms with E-state index in [0.29, 0.717) is 0 Å². The standard InChI is InChI=1S/C48H30N2/c1-3-15-36-31(11-1)13-9-21-40(36)46-29-33(23-25-49-46)44-27-35-28-45(39-18-6-8-20-43(39)48(35)42-19-7-5-17-38(42)44)34-24-26-50-47(30-34)41-22-10-14-32-12-2-4-16-37(32)41/h1-30H. The Labute approximate surface area is 290 Å². The second-order valence-electron chi connectivity index (χ2n) is 13.0. The third-order valence-electron chi connectivity index (χ3n) is 10.1. The number of nitrogens with zero attached hydrogens (tertiary/aromatic N) is 2. The predicted molar refractivity (Wildman–Crippen MR) is 211 cm³/mol. The summed E-state index contributed by atoms with van der Waals surface area (Å²) in [6.07, 6.45) is 3.89. The first-order valence-electron chi connectivity index (χ1n) is 17.1. The molecule has 0 aliphatic heterocycles. The van der Waals surface area contributed by atoms with E-state index in [0.717, 1.165) is 33.6 Å². The van der Waals surface area contributed by atoms with Crippen molar-refractivity contribution in [2.24, 2.45) is 0 Å². The summed E-state index contributed by atoms with van der Waals surface area (Å²) in [5.74, 6) is 0. The molecular weight excluding hydrogens is 605 g/mol. The fourth-order valence-corrected chi connectivity index (χ4v) is 7.85. The topological polar surface area (TPSA) is 25.8 Å². The molecule has 232 valence electrons. The maximum absolute atomic E-state index is 4.87. The Balaban J connectivity index is 1.20. The molecule has 0 N–H and O–H groups in total. The van der Waals surface area contributed by atoms with Crippen molar-refractivity contribution in [3.05, 3.63) is 182 Å². The summed E-state index contributed by atoms with van der Waals surface area (Å²) in [4.78, 5) is 9.74. The number of hydrogen-bond acceptors (Lipinski definition) is 2. The third kappa shape index (κ3) is 4.57. The Morgan fingerprint density at radius 3 is 1.16 bits per heavy atom. The first-order chi connectivity index (χ1) is 24.8. The molecule has 0 atom stereocenters. The molecule has 0 unspecified atom stereocenters. The minimum atomic E-state index is 0.973. The van der Waals surface area contributed by atoms with Crippen LogP contribution in [0.4, 0.5) is 0 Å². The van der Waals surface area contributed by atoms with Gasteiger partial charge in [0.05, 0.1) is 11.4 Å². The monoisotopic (exact) mass is 634 g/mol. The smallest absolute Gasteiger partial charge is 0.0714 e. The summed E-state index contributed by atoms with van der Waals surface area (Å²) in [5.41, 5.74) is 8.93. The van der Waals surface area contributed by atoms with E-state index >= 15 is 0 Å². The molecule has 0 saturated carbocycles. The first-order valence-corrected chi connectivity index (χ1v) is 17.1. The van der Waals surface area contributed by atoms with Gasteiger partial charge in [0, 0.05) is 23.5 Å². The van der Waals surface area contributed by atoms with Gasteiger partial charge in [-0.2, -0.15) is 0 Å². The van der Waals surface area contributed by atoms with E-state index in [9.17, 15) is 0 Å². The highest BCUT2D eigenvalue weighted by molar-refractivity contribution is 6.25. The number of aromatic nitrogens is 2. The third-order valence-corrected chi connectivity index (χ3v) is 10.1. The Kier molecular flexibility index (Phi) is 6.53. The van der Waals surface area contributed by atoms with Crippen molar-refractivity contribution in [2.75, 3.05) is 0 Å². The number of hydrogen-bond donors (Lipinski definition) is 0. The van der Waals surface area contributed by atoms with Gasteiger partial charge in [0.25, 0.3) is 0 Å². The van der Waals surface area contributed by atoms with E-state index in [1.165, 1.54) is 65.0 Å². The van der Waals surface area contributed by atoms with Gasteiger partial charge < -0.3 is 0 Å². The Morgan fingerprint density at radius 1 is 0.280 bits per heavy atom. The van der Waals surface area contributed by atoms with Crippen molar-refractivity contribution >= 4 is 53.9 Å². The minimum Gasteiger partial charge on any atom is -0.256 e. The van der Waals surface area contributed by atoms with Gasteiger partial charge in [0.2, 0.25) is 0 Å². The highest BCUT2D eigenvalue weighted by Crippen LogP contribution is 2.43. The Bertz CT molecular complexity index is 2730. The average molecular weight is 635 g/mol. The van der Waals surface area contributed by atoms with E-state index in [-0.39, 0.29) is 0 Å². The fourth-order valence-electron chi connectivity index (χ4n) is 7.85. The van der Waals surface area contributed by atoms with Crippen LogP contribution in [-0.2, 0) is 0 Å². The molecule has 0 bridgehead atoms. The molecule has 0 amide bonds. The normalized spacial score (nSPS) is 11.6. The second-order valence-corrected chi connectivity index (χ2v) is 13.0. The summed E-state index contributed by atoms with van der Waals surface area (Å²) in [5, 5.41) is 12.3. The van der Waals surface area contributed by atoms with Crippen LogP contribution in [0.25, 0.3) is 98.6 Å². The zero-order valence-electron chi connectivity index (χ0n) is 27.2. The lowest BCUT2D eigenvalue weighted by Gasteiger charge is -2.17. The maximum atomic E-state index is 4.87. The van der Waals surface area contributed by atoms with Crippen LogP contribution in [0, 0.1) is 0 Å². The lowest BCUT2D eigenvalue weighted by Crippen LogP contribution is -1.91. The summed E-state index contributed by atoms with van der Waals surface area (Å²) in [6, 6.07) is 61.2. The first kappa shape index (κ1) is 28.4. The number of pyridine rings is 2. The van der Waals surface area contributed by atoms with E-state index < -0.39 is 0 Å². The molecule has 0 aliphatic rings. The van der Waals surface area contributed by atoms with E-state index in [4.69, 9.17) is 9.97 Å². The van der Waals surface area contributed by atoms with Crippen LogP contribution in [-0.4, -0.2) is 9.97 Å². The molecule has 8 aromatic carbocycles. The molecule has 2 aromatic heterocycles. The van der Waals surface area contributed by atoms with Crippen LogP contribution in [0.15, 0.2) is 182 Å². The van der Waals surface area contributed by atoms with Crippen molar-refractivity contribution in [1.29, 1.82) is 0 Å². The summed E-state index contributed by atoms with van der Waals surface area (Å²) in [6.45, 7) is 0. The van der Waals surface area contributed by atoms with Crippen molar-refractivity contribution < 1.29 is 0 Å².